The lowest BCUT2D eigenvalue weighted by molar-refractivity contribution is -0.119. The van der Waals surface area contributed by atoms with Gasteiger partial charge in [0, 0.05) is 26.2 Å². The van der Waals surface area contributed by atoms with E-state index >= 15 is 0 Å². The summed E-state index contributed by atoms with van der Waals surface area (Å²) in [5.41, 5.74) is 7.47. The van der Waals surface area contributed by atoms with E-state index in [2.05, 4.69) is 5.16 Å². The first-order valence-electron chi connectivity index (χ1n) is 10.3. The lowest BCUT2D eigenvalue weighted by Gasteiger charge is -2.34. The van der Waals surface area contributed by atoms with Crippen molar-refractivity contribution in [2.75, 3.05) is 32.7 Å². The predicted octanol–water partition coefficient (Wildman–Crippen LogP) is 2.27. The van der Waals surface area contributed by atoms with E-state index in [4.69, 9.17) is 15.0 Å². The molecule has 2 amide bonds. The predicted molar refractivity (Wildman–Crippen MR) is 116 cm³/mol. The summed E-state index contributed by atoms with van der Waals surface area (Å²) in [4.78, 5) is 28.3. The molecule has 2 N–H and O–H groups in total. The number of aryl methyl sites for hydroxylation is 2. The second kappa shape index (κ2) is 8.77. The molecule has 2 aromatic carbocycles. The fourth-order valence-electron chi connectivity index (χ4n) is 3.86. The molecule has 0 radical (unpaired) electrons. The van der Waals surface area contributed by atoms with Gasteiger partial charge < -0.3 is 19.9 Å². The van der Waals surface area contributed by atoms with Gasteiger partial charge in [-0.15, -0.1) is 0 Å². The molecule has 1 fully saturated rings. The number of piperazine rings is 1. The zero-order valence-electron chi connectivity index (χ0n) is 17.8. The van der Waals surface area contributed by atoms with Gasteiger partial charge in [0.2, 0.25) is 5.91 Å². The van der Waals surface area contributed by atoms with E-state index in [-0.39, 0.29) is 25.0 Å². The second-order valence-corrected chi connectivity index (χ2v) is 7.82. The molecule has 0 unspecified atom stereocenters. The summed E-state index contributed by atoms with van der Waals surface area (Å²) in [5, 5.41) is 5.94. The molecule has 162 valence electrons. The van der Waals surface area contributed by atoms with Gasteiger partial charge in [-0.1, -0.05) is 29.4 Å². The average molecular weight is 422 g/mol. The maximum atomic E-state index is 13.4. The highest BCUT2D eigenvalue weighted by atomic mass is 16.5. The van der Waals surface area contributed by atoms with Crippen LogP contribution in [0.15, 0.2) is 40.9 Å². The van der Waals surface area contributed by atoms with Gasteiger partial charge in [-0.2, -0.15) is 0 Å². The third-order valence-electron chi connectivity index (χ3n) is 5.67. The van der Waals surface area contributed by atoms with Crippen LogP contribution in [0.25, 0.3) is 10.8 Å². The SMILES string of the molecule is Cc1noc(C)c1COc1cc2ccccc2cc1C(=O)N1CCN(CC(N)=O)CC1. The van der Waals surface area contributed by atoms with E-state index in [1.807, 2.05) is 55.1 Å². The molecule has 8 nitrogen and oxygen atoms in total. The van der Waals surface area contributed by atoms with Crippen LogP contribution in [0.1, 0.15) is 27.4 Å². The highest BCUT2D eigenvalue weighted by Gasteiger charge is 2.25. The van der Waals surface area contributed by atoms with Gasteiger partial charge in [-0.25, -0.2) is 0 Å². The standard InChI is InChI=1S/C23H26N4O4/c1-15-20(16(2)31-25-15)14-30-21-12-18-6-4-3-5-17(18)11-19(21)23(29)27-9-7-26(8-10-27)13-22(24)28/h3-6,11-12H,7-10,13-14H2,1-2H3,(H2,24,28). The van der Waals surface area contributed by atoms with Crippen molar-refractivity contribution < 1.29 is 18.8 Å². The molecular weight excluding hydrogens is 396 g/mol. The lowest BCUT2D eigenvalue weighted by atomic mass is 10.0. The number of primary amides is 1. The summed E-state index contributed by atoms with van der Waals surface area (Å²) < 4.78 is 11.3. The van der Waals surface area contributed by atoms with Crippen LogP contribution in [0.3, 0.4) is 0 Å². The minimum atomic E-state index is -0.357. The molecular formula is C23H26N4O4. The Labute approximate surface area is 180 Å². The Morgan fingerprint density at radius 1 is 1.10 bits per heavy atom. The molecule has 1 saturated heterocycles. The number of hydrogen-bond acceptors (Lipinski definition) is 6. The highest BCUT2D eigenvalue weighted by molar-refractivity contribution is 6.01. The van der Waals surface area contributed by atoms with Crippen molar-refractivity contribution in [2.24, 2.45) is 5.73 Å². The number of nitrogens with two attached hydrogens (primary N) is 1. The topological polar surface area (TPSA) is 102 Å². The number of ether oxygens (including phenoxy) is 1. The zero-order valence-corrected chi connectivity index (χ0v) is 17.8. The molecule has 1 aliphatic heterocycles. The molecule has 0 bridgehead atoms. The normalized spacial score (nSPS) is 14.7. The monoisotopic (exact) mass is 422 g/mol. The second-order valence-electron chi connectivity index (χ2n) is 7.82. The highest BCUT2D eigenvalue weighted by Crippen LogP contribution is 2.29. The van der Waals surface area contributed by atoms with E-state index in [1.54, 1.807) is 4.90 Å². The van der Waals surface area contributed by atoms with Crippen LogP contribution in [-0.2, 0) is 11.4 Å². The molecule has 1 aromatic heterocycles. The number of nitrogens with zero attached hydrogens (tertiary/aromatic N) is 3. The summed E-state index contributed by atoms with van der Waals surface area (Å²) in [7, 11) is 0. The first-order valence-corrected chi connectivity index (χ1v) is 10.3. The number of carbonyl (C=O) groups is 2. The van der Waals surface area contributed by atoms with E-state index in [1.165, 1.54) is 0 Å². The Hall–Kier alpha value is -3.39. The largest absolute Gasteiger partial charge is 0.488 e. The fourth-order valence-corrected chi connectivity index (χ4v) is 3.86. The number of carbonyl (C=O) groups excluding carboxylic acids is 2. The Bertz CT molecular complexity index is 1100. The van der Waals surface area contributed by atoms with Crippen molar-refractivity contribution in [3.8, 4) is 5.75 Å². The number of rotatable bonds is 6. The zero-order chi connectivity index (χ0) is 22.0. The summed E-state index contributed by atoms with van der Waals surface area (Å²) in [6.45, 7) is 6.47. The number of aromatic nitrogens is 1. The Balaban J connectivity index is 1.59. The summed E-state index contributed by atoms with van der Waals surface area (Å²) in [5.74, 6) is 0.794. The molecule has 0 aliphatic carbocycles. The molecule has 2 heterocycles. The van der Waals surface area contributed by atoms with Crippen LogP contribution in [0.5, 0.6) is 5.75 Å². The van der Waals surface area contributed by atoms with Crippen molar-refractivity contribution in [3.05, 3.63) is 59.0 Å². The molecule has 4 rings (SSSR count). The van der Waals surface area contributed by atoms with Crippen LogP contribution in [0.2, 0.25) is 0 Å². The van der Waals surface area contributed by atoms with Gasteiger partial charge in [0.15, 0.2) is 0 Å². The van der Waals surface area contributed by atoms with Crippen LogP contribution in [0, 0.1) is 13.8 Å². The van der Waals surface area contributed by atoms with E-state index in [9.17, 15) is 9.59 Å². The smallest absolute Gasteiger partial charge is 0.257 e. The van der Waals surface area contributed by atoms with Gasteiger partial charge >= 0.3 is 0 Å². The Kier molecular flexibility index (Phi) is 5.90. The minimum absolute atomic E-state index is 0.0850. The first kappa shape index (κ1) is 20.9. The molecule has 3 aromatic rings. The first-order chi connectivity index (χ1) is 14.9. The Morgan fingerprint density at radius 2 is 1.77 bits per heavy atom. The van der Waals surface area contributed by atoms with Gasteiger partial charge in [0.25, 0.3) is 5.91 Å². The van der Waals surface area contributed by atoms with Gasteiger partial charge in [0.05, 0.1) is 23.4 Å². The quantitative estimate of drug-likeness (QED) is 0.654. The Morgan fingerprint density at radius 3 is 2.39 bits per heavy atom. The molecule has 0 saturated carbocycles. The van der Waals surface area contributed by atoms with Crippen molar-refractivity contribution in [1.29, 1.82) is 0 Å². The summed E-state index contributed by atoms with van der Waals surface area (Å²) >= 11 is 0. The van der Waals surface area contributed by atoms with Gasteiger partial charge in [-0.05, 0) is 36.8 Å². The summed E-state index contributed by atoms with van der Waals surface area (Å²) in [6.07, 6.45) is 0. The molecule has 31 heavy (non-hydrogen) atoms. The molecule has 8 heteroatoms. The fraction of sp³-hybridized carbons (Fsp3) is 0.348. The van der Waals surface area contributed by atoms with Crippen LogP contribution in [-0.4, -0.2) is 59.5 Å². The molecule has 0 spiro atoms. The average Bonchev–Trinajstić information content (AvgIpc) is 3.08. The van der Waals surface area contributed by atoms with E-state index in [0.29, 0.717) is 43.3 Å². The van der Waals surface area contributed by atoms with Gasteiger partial charge in [0.1, 0.15) is 18.1 Å². The minimum Gasteiger partial charge on any atom is -0.488 e. The third kappa shape index (κ3) is 4.54. The van der Waals surface area contributed by atoms with Crippen LogP contribution >= 0.6 is 0 Å². The maximum Gasteiger partial charge on any atom is 0.257 e. The number of hydrogen-bond donors (Lipinski definition) is 1. The number of benzene rings is 2. The molecule has 0 atom stereocenters. The van der Waals surface area contributed by atoms with Gasteiger partial charge in [-0.3, -0.25) is 14.5 Å². The van der Waals surface area contributed by atoms with Crippen LogP contribution < -0.4 is 10.5 Å². The van der Waals surface area contributed by atoms with Crippen molar-refractivity contribution >= 4 is 22.6 Å². The van der Waals surface area contributed by atoms with E-state index in [0.717, 1.165) is 22.0 Å². The third-order valence-corrected chi connectivity index (χ3v) is 5.67. The van der Waals surface area contributed by atoms with Crippen molar-refractivity contribution in [3.63, 3.8) is 0 Å². The van der Waals surface area contributed by atoms with Crippen molar-refractivity contribution in [1.82, 2.24) is 15.0 Å². The maximum absolute atomic E-state index is 13.4. The van der Waals surface area contributed by atoms with Crippen LogP contribution in [0.4, 0.5) is 0 Å². The van der Waals surface area contributed by atoms with E-state index < -0.39 is 0 Å². The molecule has 1 aliphatic rings. The van der Waals surface area contributed by atoms with Crippen molar-refractivity contribution in [2.45, 2.75) is 20.5 Å². The summed E-state index contributed by atoms with van der Waals surface area (Å²) in [6, 6.07) is 11.7. The number of fused-ring (bicyclic) bond motifs is 1. The number of amides is 2. The lowest BCUT2D eigenvalue weighted by Crippen LogP contribution is -2.50.